The zero-order chi connectivity index (χ0) is 22.1. The Kier molecular flexibility index (Phi) is 7.70. The lowest BCUT2D eigenvalue weighted by Crippen LogP contribution is -2.31. The van der Waals surface area contributed by atoms with Crippen LogP contribution in [0.3, 0.4) is 0 Å². The zero-order valence-electron chi connectivity index (χ0n) is 17.6. The number of amides is 1. The number of ether oxygens (including phenoxy) is 4. The molecule has 31 heavy (non-hydrogen) atoms. The number of benzene rings is 3. The second kappa shape index (κ2) is 10.9. The molecule has 0 aliphatic carbocycles. The minimum absolute atomic E-state index is 0.267. The lowest BCUT2D eigenvalue weighted by atomic mass is 10.1. The molecule has 7 heteroatoms. The SMILES string of the molecule is COc1ccc(CCNC(=O)COC(=O)COc2ccc3ccccc3c2)cc1OC. The normalized spacial score (nSPS) is 10.4. The fraction of sp³-hybridized carbons (Fsp3) is 0.250. The minimum atomic E-state index is -0.608. The van der Waals surface area contributed by atoms with E-state index in [1.807, 2.05) is 54.6 Å². The Labute approximate surface area is 180 Å². The summed E-state index contributed by atoms with van der Waals surface area (Å²) in [5.41, 5.74) is 0.985. The van der Waals surface area contributed by atoms with Crippen LogP contribution in [0.5, 0.6) is 17.2 Å². The predicted molar refractivity (Wildman–Crippen MR) is 117 cm³/mol. The lowest BCUT2D eigenvalue weighted by molar-refractivity contribution is -0.150. The van der Waals surface area contributed by atoms with E-state index in [1.54, 1.807) is 20.3 Å². The van der Waals surface area contributed by atoms with Crippen LogP contribution in [0.15, 0.2) is 60.7 Å². The Bertz CT molecular complexity index is 1050. The maximum absolute atomic E-state index is 11.9. The smallest absolute Gasteiger partial charge is 0.344 e. The van der Waals surface area contributed by atoms with Crippen molar-refractivity contribution < 1.29 is 28.5 Å². The predicted octanol–water partition coefficient (Wildman–Crippen LogP) is 3.14. The first-order valence-electron chi connectivity index (χ1n) is 9.84. The van der Waals surface area contributed by atoms with E-state index in [0.717, 1.165) is 16.3 Å². The number of hydrogen-bond donors (Lipinski definition) is 1. The van der Waals surface area contributed by atoms with Crippen molar-refractivity contribution in [3.63, 3.8) is 0 Å². The van der Waals surface area contributed by atoms with E-state index < -0.39 is 5.97 Å². The lowest BCUT2D eigenvalue weighted by Gasteiger charge is -2.10. The first kappa shape index (κ1) is 22.0. The number of hydrogen-bond acceptors (Lipinski definition) is 6. The molecule has 3 aromatic carbocycles. The van der Waals surface area contributed by atoms with E-state index in [-0.39, 0.29) is 19.1 Å². The molecule has 7 nitrogen and oxygen atoms in total. The second-order valence-corrected chi connectivity index (χ2v) is 6.75. The van der Waals surface area contributed by atoms with E-state index in [0.29, 0.717) is 30.2 Å². The van der Waals surface area contributed by atoms with Crippen molar-refractivity contribution in [2.75, 3.05) is 34.0 Å². The van der Waals surface area contributed by atoms with Gasteiger partial charge in [-0.2, -0.15) is 0 Å². The molecule has 0 saturated heterocycles. The van der Waals surface area contributed by atoms with Gasteiger partial charge in [0.25, 0.3) is 5.91 Å². The van der Waals surface area contributed by atoms with Crippen molar-refractivity contribution in [1.29, 1.82) is 0 Å². The second-order valence-electron chi connectivity index (χ2n) is 6.75. The summed E-state index contributed by atoms with van der Waals surface area (Å²) in [6.45, 7) is -0.220. The van der Waals surface area contributed by atoms with Crippen LogP contribution in [0, 0.1) is 0 Å². The average molecular weight is 423 g/mol. The van der Waals surface area contributed by atoms with Crippen LogP contribution >= 0.6 is 0 Å². The van der Waals surface area contributed by atoms with Crippen LogP contribution in [-0.4, -0.2) is 45.9 Å². The van der Waals surface area contributed by atoms with E-state index in [4.69, 9.17) is 18.9 Å². The van der Waals surface area contributed by atoms with Gasteiger partial charge in [0.2, 0.25) is 0 Å². The molecule has 0 radical (unpaired) electrons. The summed E-state index contributed by atoms with van der Waals surface area (Å²) in [6, 6.07) is 19.0. The van der Waals surface area contributed by atoms with Crippen LogP contribution < -0.4 is 19.5 Å². The third-order valence-corrected chi connectivity index (χ3v) is 4.63. The average Bonchev–Trinajstić information content (AvgIpc) is 2.81. The number of fused-ring (bicyclic) bond motifs is 1. The monoisotopic (exact) mass is 423 g/mol. The Hall–Kier alpha value is -3.74. The van der Waals surface area contributed by atoms with Gasteiger partial charge in [0.15, 0.2) is 24.7 Å². The Morgan fingerprint density at radius 3 is 2.39 bits per heavy atom. The van der Waals surface area contributed by atoms with Gasteiger partial charge in [-0.05, 0) is 47.0 Å². The highest BCUT2D eigenvalue weighted by Gasteiger charge is 2.09. The number of carbonyl (C=O) groups excluding carboxylic acids is 2. The van der Waals surface area contributed by atoms with Crippen molar-refractivity contribution in [3.8, 4) is 17.2 Å². The third kappa shape index (κ3) is 6.37. The summed E-state index contributed by atoms with van der Waals surface area (Å²) < 4.78 is 20.9. The number of carbonyl (C=O) groups is 2. The standard InChI is InChI=1S/C24H25NO6/c1-28-21-10-7-17(13-22(21)29-2)11-12-25-23(26)15-31-24(27)16-30-20-9-8-18-5-3-4-6-19(18)14-20/h3-10,13-14H,11-12,15-16H2,1-2H3,(H,25,26). The molecule has 0 aromatic heterocycles. The van der Waals surface area contributed by atoms with Crippen molar-refractivity contribution in [2.24, 2.45) is 0 Å². The van der Waals surface area contributed by atoms with Gasteiger partial charge in [-0.15, -0.1) is 0 Å². The number of rotatable bonds is 10. The Morgan fingerprint density at radius 2 is 1.61 bits per heavy atom. The van der Waals surface area contributed by atoms with Gasteiger partial charge in [-0.25, -0.2) is 4.79 Å². The topological polar surface area (TPSA) is 83.1 Å². The molecule has 0 aliphatic heterocycles. The molecule has 1 amide bonds. The van der Waals surface area contributed by atoms with Gasteiger partial charge in [0, 0.05) is 6.54 Å². The maximum atomic E-state index is 11.9. The summed E-state index contributed by atoms with van der Waals surface area (Å²) in [6.07, 6.45) is 0.602. The molecule has 162 valence electrons. The summed E-state index contributed by atoms with van der Waals surface area (Å²) >= 11 is 0. The highest BCUT2D eigenvalue weighted by Crippen LogP contribution is 2.27. The largest absolute Gasteiger partial charge is 0.493 e. The number of esters is 1. The van der Waals surface area contributed by atoms with E-state index in [1.165, 1.54) is 0 Å². The molecule has 0 saturated carbocycles. The molecule has 0 unspecified atom stereocenters. The van der Waals surface area contributed by atoms with Gasteiger partial charge in [-0.1, -0.05) is 36.4 Å². The van der Waals surface area contributed by atoms with Gasteiger partial charge >= 0.3 is 5.97 Å². The quantitative estimate of drug-likeness (QED) is 0.505. The fourth-order valence-electron chi connectivity index (χ4n) is 3.02. The Balaban J connectivity index is 1.36. The van der Waals surface area contributed by atoms with Crippen molar-refractivity contribution in [3.05, 3.63) is 66.2 Å². The van der Waals surface area contributed by atoms with Gasteiger partial charge < -0.3 is 24.3 Å². The summed E-state index contributed by atoms with van der Waals surface area (Å²) in [5.74, 6) is 0.859. The highest BCUT2D eigenvalue weighted by molar-refractivity contribution is 5.84. The van der Waals surface area contributed by atoms with Crippen molar-refractivity contribution in [2.45, 2.75) is 6.42 Å². The number of methoxy groups -OCH3 is 2. The summed E-state index contributed by atoms with van der Waals surface area (Å²) in [5, 5.41) is 4.82. The van der Waals surface area contributed by atoms with Gasteiger partial charge in [0.05, 0.1) is 14.2 Å². The molecule has 0 aliphatic rings. The first-order chi connectivity index (χ1) is 15.1. The molecule has 0 atom stereocenters. The van der Waals surface area contributed by atoms with Crippen molar-refractivity contribution in [1.82, 2.24) is 5.32 Å². The van der Waals surface area contributed by atoms with Crippen molar-refractivity contribution >= 4 is 22.6 Å². The van der Waals surface area contributed by atoms with E-state index in [9.17, 15) is 9.59 Å². The highest BCUT2D eigenvalue weighted by atomic mass is 16.6. The molecular weight excluding hydrogens is 398 g/mol. The third-order valence-electron chi connectivity index (χ3n) is 4.63. The molecule has 1 N–H and O–H groups in total. The molecule has 0 bridgehead atoms. The first-order valence-corrected chi connectivity index (χ1v) is 9.84. The van der Waals surface area contributed by atoms with E-state index in [2.05, 4.69) is 5.32 Å². The minimum Gasteiger partial charge on any atom is -0.493 e. The maximum Gasteiger partial charge on any atom is 0.344 e. The molecule has 3 rings (SSSR count). The summed E-state index contributed by atoms with van der Waals surface area (Å²) in [7, 11) is 3.15. The summed E-state index contributed by atoms with van der Waals surface area (Å²) in [4.78, 5) is 23.8. The van der Waals surface area contributed by atoms with Crippen LogP contribution in [0.2, 0.25) is 0 Å². The van der Waals surface area contributed by atoms with Gasteiger partial charge in [0.1, 0.15) is 5.75 Å². The number of nitrogens with one attached hydrogen (secondary N) is 1. The molecule has 0 fully saturated rings. The molecule has 0 spiro atoms. The van der Waals surface area contributed by atoms with Gasteiger partial charge in [-0.3, -0.25) is 4.79 Å². The van der Waals surface area contributed by atoms with Crippen LogP contribution in [0.1, 0.15) is 5.56 Å². The van der Waals surface area contributed by atoms with E-state index >= 15 is 0 Å². The molecular formula is C24H25NO6. The fourth-order valence-corrected chi connectivity index (χ4v) is 3.02. The van der Waals surface area contributed by atoms with Crippen LogP contribution in [0.4, 0.5) is 0 Å². The Morgan fingerprint density at radius 1 is 0.839 bits per heavy atom. The zero-order valence-corrected chi connectivity index (χ0v) is 17.6. The van der Waals surface area contributed by atoms with Crippen LogP contribution in [0.25, 0.3) is 10.8 Å². The van der Waals surface area contributed by atoms with Crippen LogP contribution in [-0.2, 0) is 20.7 Å². The molecule has 3 aromatic rings. The molecule has 0 heterocycles.